The highest BCUT2D eigenvalue weighted by molar-refractivity contribution is 5.95. The van der Waals surface area contributed by atoms with Crippen LogP contribution in [0.2, 0.25) is 0 Å². The lowest BCUT2D eigenvalue weighted by molar-refractivity contribution is -0.153. The van der Waals surface area contributed by atoms with E-state index in [0.717, 1.165) is 31.4 Å². The fourth-order valence-corrected chi connectivity index (χ4v) is 3.68. The molecule has 1 aliphatic heterocycles. The highest BCUT2D eigenvalue weighted by atomic mass is 19.4. The number of ketones is 1. The van der Waals surface area contributed by atoms with Gasteiger partial charge in [0.2, 0.25) is 0 Å². The molecule has 1 aromatic heterocycles. The zero-order valence-corrected chi connectivity index (χ0v) is 14.8. The summed E-state index contributed by atoms with van der Waals surface area (Å²) in [5.41, 5.74) is -2.21. The van der Waals surface area contributed by atoms with Gasteiger partial charge < -0.3 is 9.30 Å². The molecule has 144 valence electrons. The van der Waals surface area contributed by atoms with Crippen molar-refractivity contribution >= 4 is 5.78 Å². The predicted molar refractivity (Wildman–Crippen MR) is 89.3 cm³/mol. The first-order valence-corrected chi connectivity index (χ1v) is 8.96. The average Bonchev–Trinajstić information content (AvgIpc) is 2.57. The number of nitrogens with zero attached hydrogens (tertiary/aromatic N) is 2. The zero-order valence-electron chi connectivity index (χ0n) is 14.8. The molecule has 0 unspecified atom stereocenters. The van der Waals surface area contributed by atoms with Crippen molar-refractivity contribution in [2.24, 2.45) is 0 Å². The lowest BCUT2D eigenvalue weighted by Crippen LogP contribution is -2.56. The average molecular weight is 372 g/mol. The Balaban J connectivity index is 1.82. The van der Waals surface area contributed by atoms with Gasteiger partial charge in [-0.25, -0.2) is 0 Å². The van der Waals surface area contributed by atoms with Crippen molar-refractivity contribution < 1.29 is 22.7 Å². The Hall–Kier alpha value is -1.67. The molecule has 0 amide bonds. The summed E-state index contributed by atoms with van der Waals surface area (Å²) in [6, 6.07) is 1.82. The maximum Gasteiger partial charge on any atom is 0.431 e. The van der Waals surface area contributed by atoms with E-state index in [1.54, 1.807) is 6.92 Å². The summed E-state index contributed by atoms with van der Waals surface area (Å²) in [5.74, 6) is -0.447. The minimum atomic E-state index is -4.65. The summed E-state index contributed by atoms with van der Waals surface area (Å²) in [6.45, 7) is 3.65. The number of morpholine rings is 1. The van der Waals surface area contributed by atoms with Crippen LogP contribution in [0.5, 0.6) is 0 Å². The molecular weight excluding hydrogens is 349 g/mol. The van der Waals surface area contributed by atoms with Gasteiger partial charge in [0.05, 0.1) is 17.8 Å². The van der Waals surface area contributed by atoms with Crippen LogP contribution >= 0.6 is 0 Å². The summed E-state index contributed by atoms with van der Waals surface area (Å²) in [5, 5.41) is 0. The first-order valence-electron chi connectivity index (χ1n) is 8.96. The van der Waals surface area contributed by atoms with Gasteiger partial charge in [-0.15, -0.1) is 0 Å². The van der Waals surface area contributed by atoms with E-state index in [2.05, 4.69) is 0 Å². The third kappa shape index (κ3) is 3.71. The summed E-state index contributed by atoms with van der Waals surface area (Å²) < 4.78 is 46.5. The van der Waals surface area contributed by atoms with Gasteiger partial charge >= 0.3 is 6.18 Å². The first-order chi connectivity index (χ1) is 12.3. The van der Waals surface area contributed by atoms with Crippen molar-refractivity contribution in [2.75, 3.05) is 26.2 Å². The van der Waals surface area contributed by atoms with E-state index in [-0.39, 0.29) is 24.1 Å². The van der Waals surface area contributed by atoms with Gasteiger partial charge in [0.15, 0.2) is 5.78 Å². The van der Waals surface area contributed by atoms with E-state index in [9.17, 15) is 22.8 Å². The van der Waals surface area contributed by atoms with Crippen molar-refractivity contribution in [3.05, 3.63) is 33.7 Å². The van der Waals surface area contributed by atoms with E-state index in [1.807, 2.05) is 4.90 Å². The zero-order chi connectivity index (χ0) is 18.9. The van der Waals surface area contributed by atoms with Gasteiger partial charge in [0, 0.05) is 32.6 Å². The van der Waals surface area contributed by atoms with E-state index in [0.29, 0.717) is 30.8 Å². The van der Waals surface area contributed by atoms with Crippen molar-refractivity contribution in [3.63, 3.8) is 0 Å². The van der Waals surface area contributed by atoms with E-state index >= 15 is 0 Å². The Labute approximate surface area is 149 Å². The quantitative estimate of drug-likeness (QED) is 0.746. The van der Waals surface area contributed by atoms with Crippen LogP contribution in [0.3, 0.4) is 0 Å². The fraction of sp³-hybridized carbons (Fsp3) is 0.667. The number of alkyl halides is 3. The van der Waals surface area contributed by atoms with Crippen molar-refractivity contribution in [1.29, 1.82) is 0 Å². The first kappa shape index (κ1) is 19.1. The molecule has 0 aromatic carbocycles. The third-order valence-corrected chi connectivity index (χ3v) is 5.32. The molecule has 2 fully saturated rings. The lowest BCUT2D eigenvalue weighted by atomic mass is 9.79. The Morgan fingerprint density at radius 3 is 2.58 bits per heavy atom. The van der Waals surface area contributed by atoms with Gasteiger partial charge in [-0.3, -0.25) is 14.5 Å². The topological polar surface area (TPSA) is 51.5 Å². The summed E-state index contributed by atoms with van der Waals surface area (Å²) in [7, 11) is 0. The van der Waals surface area contributed by atoms with Crippen molar-refractivity contribution in [3.8, 4) is 0 Å². The number of aromatic nitrogens is 1. The summed E-state index contributed by atoms with van der Waals surface area (Å²) in [4.78, 5) is 26.4. The van der Waals surface area contributed by atoms with Gasteiger partial charge in [-0.1, -0.05) is 6.92 Å². The van der Waals surface area contributed by atoms with Crippen molar-refractivity contribution in [2.45, 2.75) is 50.9 Å². The van der Waals surface area contributed by atoms with E-state index in [4.69, 9.17) is 4.74 Å². The smallest absolute Gasteiger partial charge is 0.372 e. The molecule has 1 saturated carbocycles. The Bertz CT molecular complexity index is 738. The molecule has 5 nitrogen and oxygen atoms in total. The molecule has 1 saturated heterocycles. The molecule has 0 atom stereocenters. The van der Waals surface area contributed by atoms with Crippen LogP contribution < -0.4 is 5.56 Å². The minimum absolute atomic E-state index is 0.0760. The number of carbonyl (C=O) groups excluding carboxylic acids is 1. The SMILES string of the molecule is CCC(=O)c1ccc(C(F)(F)F)n(CCN2CCOC3(CCC3)C2)c1=O. The highest BCUT2D eigenvalue weighted by Gasteiger charge is 2.42. The summed E-state index contributed by atoms with van der Waals surface area (Å²) >= 11 is 0. The predicted octanol–water partition coefficient (Wildman–Crippen LogP) is 2.71. The standard InChI is InChI=1S/C18H23F3N2O3/c1-2-14(24)13-4-5-15(18(19,20)21)23(16(13)25)9-8-22-10-11-26-17(12-22)6-3-7-17/h4-5H,2-3,6-12H2,1H3. The van der Waals surface area contributed by atoms with E-state index in [1.165, 1.54) is 0 Å². The number of rotatable bonds is 5. The van der Waals surface area contributed by atoms with Gasteiger partial charge in [-0.05, 0) is 31.4 Å². The number of hydrogen-bond acceptors (Lipinski definition) is 4. The number of halogens is 3. The molecule has 1 aliphatic carbocycles. The normalized spacial score (nSPS) is 20.2. The monoisotopic (exact) mass is 372 g/mol. The molecule has 2 aliphatic rings. The Kier molecular flexibility index (Phi) is 5.25. The number of hydrogen-bond donors (Lipinski definition) is 0. The van der Waals surface area contributed by atoms with Crippen LogP contribution in [0.1, 0.15) is 48.7 Å². The largest absolute Gasteiger partial charge is 0.431 e. The van der Waals surface area contributed by atoms with Gasteiger partial charge in [0.25, 0.3) is 5.56 Å². The fourth-order valence-electron chi connectivity index (χ4n) is 3.68. The third-order valence-electron chi connectivity index (χ3n) is 5.32. The number of carbonyl (C=O) groups is 1. The second-order valence-corrected chi connectivity index (χ2v) is 7.02. The van der Waals surface area contributed by atoms with Crippen LogP contribution in [0.4, 0.5) is 13.2 Å². The Morgan fingerprint density at radius 1 is 1.27 bits per heavy atom. The Morgan fingerprint density at radius 2 is 2.00 bits per heavy atom. The summed E-state index contributed by atoms with van der Waals surface area (Å²) in [6.07, 6.45) is -1.53. The molecule has 0 bridgehead atoms. The van der Waals surface area contributed by atoms with Crippen LogP contribution in [-0.2, 0) is 17.5 Å². The van der Waals surface area contributed by atoms with Crippen LogP contribution in [0, 0.1) is 0 Å². The molecule has 26 heavy (non-hydrogen) atoms. The molecule has 1 aromatic rings. The van der Waals surface area contributed by atoms with Crippen LogP contribution in [-0.4, -0.2) is 47.1 Å². The van der Waals surface area contributed by atoms with Crippen LogP contribution in [0.15, 0.2) is 16.9 Å². The molecule has 2 heterocycles. The van der Waals surface area contributed by atoms with Gasteiger partial charge in [0.1, 0.15) is 5.69 Å². The number of pyridine rings is 1. The van der Waals surface area contributed by atoms with Crippen LogP contribution in [0.25, 0.3) is 0 Å². The second kappa shape index (κ2) is 7.15. The lowest BCUT2D eigenvalue weighted by Gasteiger charge is -2.48. The maximum absolute atomic E-state index is 13.3. The number of ether oxygens (including phenoxy) is 1. The highest BCUT2D eigenvalue weighted by Crippen LogP contribution is 2.38. The minimum Gasteiger partial charge on any atom is -0.372 e. The van der Waals surface area contributed by atoms with E-state index < -0.39 is 23.2 Å². The second-order valence-electron chi connectivity index (χ2n) is 7.02. The maximum atomic E-state index is 13.3. The van der Waals surface area contributed by atoms with Gasteiger partial charge in [-0.2, -0.15) is 13.2 Å². The molecule has 1 spiro atoms. The molecule has 0 N–H and O–H groups in total. The molecule has 3 rings (SSSR count). The molecular formula is C18H23F3N2O3. The molecule has 0 radical (unpaired) electrons. The molecule has 8 heteroatoms. The van der Waals surface area contributed by atoms with Crippen molar-refractivity contribution in [1.82, 2.24) is 9.47 Å². The number of Topliss-reactive ketones (excluding diaryl/α,β-unsaturated/α-hetero) is 1.